The molecule has 2 nitrogen and oxygen atoms in total. The minimum atomic E-state index is -0.467. The van der Waals surface area contributed by atoms with Crippen LogP contribution in [-0.4, -0.2) is 16.3 Å². The maximum Gasteiger partial charge on any atom is 0.0960 e. The largest absolute Gasteiger partial charge is 0.388 e. The predicted octanol–water partition coefficient (Wildman–Crippen LogP) is 3.76. The second-order valence-electron chi connectivity index (χ2n) is 4.24. The molecular formula is C14H17NOS2. The molecule has 0 saturated heterocycles. The number of thiazole rings is 1. The summed E-state index contributed by atoms with van der Waals surface area (Å²) in [6, 6.07) is 8.07. The van der Waals surface area contributed by atoms with E-state index in [1.54, 1.807) is 23.1 Å². The highest BCUT2D eigenvalue weighted by atomic mass is 32.2. The van der Waals surface area contributed by atoms with Crippen LogP contribution in [0.2, 0.25) is 0 Å². The number of aromatic nitrogens is 1. The number of thioether (sulfide) groups is 1. The molecule has 96 valence electrons. The third-order valence-corrected chi connectivity index (χ3v) is 4.78. The summed E-state index contributed by atoms with van der Waals surface area (Å²) < 4.78 is 0. The van der Waals surface area contributed by atoms with Gasteiger partial charge in [0.2, 0.25) is 0 Å². The molecule has 0 aliphatic heterocycles. The number of hydrogen-bond acceptors (Lipinski definition) is 4. The first-order chi connectivity index (χ1) is 8.60. The molecule has 1 aromatic carbocycles. The van der Waals surface area contributed by atoms with Gasteiger partial charge in [-0.05, 0) is 37.8 Å². The van der Waals surface area contributed by atoms with Gasteiger partial charge >= 0.3 is 0 Å². The summed E-state index contributed by atoms with van der Waals surface area (Å²) in [6.45, 7) is 4.07. The fourth-order valence-electron chi connectivity index (χ4n) is 1.74. The topological polar surface area (TPSA) is 33.1 Å². The van der Waals surface area contributed by atoms with Crippen molar-refractivity contribution in [1.82, 2.24) is 4.98 Å². The van der Waals surface area contributed by atoms with Gasteiger partial charge in [0.1, 0.15) is 0 Å². The molecule has 0 amide bonds. The van der Waals surface area contributed by atoms with Crippen LogP contribution in [0.5, 0.6) is 0 Å². The van der Waals surface area contributed by atoms with Gasteiger partial charge in [0.05, 0.1) is 16.8 Å². The summed E-state index contributed by atoms with van der Waals surface area (Å²) in [4.78, 5) is 6.91. The molecule has 0 aliphatic carbocycles. The molecule has 1 atom stereocenters. The molecule has 18 heavy (non-hydrogen) atoms. The van der Waals surface area contributed by atoms with Crippen LogP contribution < -0.4 is 0 Å². The molecule has 2 rings (SSSR count). The number of rotatable bonds is 4. The van der Waals surface area contributed by atoms with Gasteiger partial charge in [-0.25, -0.2) is 4.98 Å². The molecule has 0 aliphatic rings. The highest BCUT2D eigenvalue weighted by molar-refractivity contribution is 7.98. The van der Waals surface area contributed by atoms with Crippen molar-refractivity contribution in [3.05, 3.63) is 45.4 Å². The molecule has 0 bridgehead atoms. The van der Waals surface area contributed by atoms with Crippen molar-refractivity contribution in [2.75, 3.05) is 6.26 Å². The highest BCUT2D eigenvalue weighted by Crippen LogP contribution is 2.24. The van der Waals surface area contributed by atoms with Crippen molar-refractivity contribution in [1.29, 1.82) is 0 Å². The number of aliphatic hydroxyl groups excluding tert-OH is 1. The average Bonchev–Trinajstić information content (AvgIpc) is 2.68. The number of benzene rings is 1. The zero-order valence-corrected chi connectivity index (χ0v) is 12.4. The Hall–Kier alpha value is -0.840. The fraction of sp³-hybridized carbons (Fsp3) is 0.357. The van der Waals surface area contributed by atoms with E-state index in [9.17, 15) is 5.11 Å². The van der Waals surface area contributed by atoms with Crippen LogP contribution in [0.3, 0.4) is 0 Å². The van der Waals surface area contributed by atoms with Gasteiger partial charge in [-0.15, -0.1) is 23.1 Å². The second kappa shape index (κ2) is 5.87. The van der Waals surface area contributed by atoms with Gasteiger partial charge in [-0.1, -0.05) is 12.1 Å². The first-order valence-corrected chi connectivity index (χ1v) is 7.89. The van der Waals surface area contributed by atoms with Crippen molar-refractivity contribution in [3.8, 4) is 0 Å². The summed E-state index contributed by atoms with van der Waals surface area (Å²) in [5.74, 6) is 0. The van der Waals surface area contributed by atoms with Gasteiger partial charge in [0.15, 0.2) is 0 Å². The normalized spacial score (nSPS) is 12.7. The van der Waals surface area contributed by atoms with Crippen molar-refractivity contribution >= 4 is 23.1 Å². The lowest BCUT2D eigenvalue weighted by Crippen LogP contribution is -2.01. The third-order valence-electron chi connectivity index (χ3n) is 2.94. The molecule has 1 aromatic heterocycles. The Morgan fingerprint density at radius 3 is 2.44 bits per heavy atom. The van der Waals surface area contributed by atoms with Crippen LogP contribution in [0.1, 0.15) is 27.2 Å². The van der Waals surface area contributed by atoms with Crippen LogP contribution in [0.15, 0.2) is 29.2 Å². The molecule has 0 spiro atoms. The van der Waals surface area contributed by atoms with Crippen LogP contribution in [0.4, 0.5) is 0 Å². The highest BCUT2D eigenvalue weighted by Gasteiger charge is 2.12. The van der Waals surface area contributed by atoms with E-state index in [0.29, 0.717) is 6.42 Å². The fourth-order valence-corrected chi connectivity index (χ4v) is 3.11. The summed E-state index contributed by atoms with van der Waals surface area (Å²) in [5, 5.41) is 11.2. The number of hydrogen-bond donors (Lipinski definition) is 1. The summed E-state index contributed by atoms with van der Waals surface area (Å²) in [7, 11) is 0. The SMILES string of the molecule is CSc1ccc(C(O)Cc2nc(C)c(C)s2)cc1. The molecular weight excluding hydrogens is 262 g/mol. The van der Waals surface area contributed by atoms with Crippen LogP contribution >= 0.6 is 23.1 Å². The van der Waals surface area contributed by atoms with E-state index in [-0.39, 0.29) is 0 Å². The average molecular weight is 279 g/mol. The van der Waals surface area contributed by atoms with Crippen molar-refractivity contribution in [2.24, 2.45) is 0 Å². The lowest BCUT2D eigenvalue weighted by molar-refractivity contribution is 0.178. The summed E-state index contributed by atoms with van der Waals surface area (Å²) in [5.41, 5.74) is 2.03. The minimum Gasteiger partial charge on any atom is -0.388 e. The van der Waals surface area contributed by atoms with E-state index in [1.807, 2.05) is 37.4 Å². The van der Waals surface area contributed by atoms with Crippen molar-refractivity contribution in [2.45, 2.75) is 31.3 Å². The quantitative estimate of drug-likeness (QED) is 0.865. The summed E-state index contributed by atoms with van der Waals surface area (Å²) >= 11 is 3.38. The lowest BCUT2D eigenvalue weighted by Gasteiger charge is -2.09. The second-order valence-corrected chi connectivity index (χ2v) is 6.41. The Kier molecular flexibility index (Phi) is 4.43. The van der Waals surface area contributed by atoms with Crippen LogP contribution in [0, 0.1) is 13.8 Å². The van der Waals surface area contributed by atoms with E-state index in [2.05, 4.69) is 11.9 Å². The van der Waals surface area contributed by atoms with Gasteiger partial charge in [-0.2, -0.15) is 0 Å². The smallest absolute Gasteiger partial charge is 0.0960 e. The van der Waals surface area contributed by atoms with Crippen LogP contribution in [-0.2, 0) is 6.42 Å². The zero-order chi connectivity index (χ0) is 13.1. The standard InChI is InChI=1S/C14H17NOS2/c1-9-10(2)18-14(15-9)8-13(16)11-4-6-12(17-3)7-5-11/h4-7,13,16H,8H2,1-3H3. The van der Waals surface area contributed by atoms with E-state index in [1.165, 1.54) is 9.77 Å². The molecule has 0 radical (unpaired) electrons. The minimum absolute atomic E-state index is 0.467. The number of aliphatic hydroxyl groups is 1. The van der Waals surface area contributed by atoms with Crippen molar-refractivity contribution in [3.63, 3.8) is 0 Å². The molecule has 1 unspecified atom stereocenters. The maximum absolute atomic E-state index is 10.2. The van der Waals surface area contributed by atoms with E-state index >= 15 is 0 Å². The van der Waals surface area contributed by atoms with Gasteiger partial charge in [-0.3, -0.25) is 0 Å². The molecule has 0 fully saturated rings. The Morgan fingerprint density at radius 2 is 1.94 bits per heavy atom. The molecule has 0 saturated carbocycles. The number of aryl methyl sites for hydroxylation is 2. The van der Waals surface area contributed by atoms with Gasteiger partial charge in [0.25, 0.3) is 0 Å². The van der Waals surface area contributed by atoms with Gasteiger partial charge < -0.3 is 5.11 Å². The van der Waals surface area contributed by atoms with Crippen LogP contribution in [0.25, 0.3) is 0 Å². The predicted molar refractivity (Wildman–Crippen MR) is 78.5 cm³/mol. The first kappa shape index (κ1) is 13.6. The maximum atomic E-state index is 10.2. The Bertz CT molecular complexity index is 500. The third kappa shape index (κ3) is 3.13. The zero-order valence-electron chi connectivity index (χ0n) is 10.8. The monoisotopic (exact) mass is 279 g/mol. The molecule has 2 aromatic rings. The first-order valence-electron chi connectivity index (χ1n) is 5.85. The van der Waals surface area contributed by atoms with E-state index < -0.39 is 6.10 Å². The Morgan fingerprint density at radius 1 is 1.28 bits per heavy atom. The number of nitrogens with zero attached hydrogens (tertiary/aromatic N) is 1. The molecule has 1 heterocycles. The van der Waals surface area contributed by atoms with E-state index in [0.717, 1.165) is 16.3 Å². The molecule has 1 N–H and O–H groups in total. The lowest BCUT2D eigenvalue weighted by atomic mass is 10.1. The van der Waals surface area contributed by atoms with Crippen molar-refractivity contribution < 1.29 is 5.11 Å². The summed E-state index contributed by atoms with van der Waals surface area (Å²) in [6.07, 6.45) is 2.18. The Labute approximate surface area is 116 Å². The van der Waals surface area contributed by atoms with E-state index in [4.69, 9.17) is 0 Å². The Balaban J connectivity index is 2.08. The van der Waals surface area contributed by atoms with Gasteiger partial charge in [0, 0.05) is 16.2 Å². The molecule has 4 heteroatoms.